The lowest BCUT2D eigenvalue weighted by molar-refractivity contribution is 0.0716. The second-order valence-electron chi connectivity index (χ2n) is 6.29. The van der Waals surface area contributed by atoms with Gasteiger partial charge < -0.3 is 5.73 Å². The molecule has 2 N–H and O–H groups in total. The Labute approximate surface area is 84.1 Å². The molecule has 0 aliphatic rings. The van der Waals surface area contributed by atoms with Crippen LogP contribution in [0.15, 0.2) is 0 Å². The van der Waals surface area contributed by atoms with Gasteiger partial charge in [-0.1, -0.05) is 41.0 Å². The lowest BCUT2D eigenvalue weighted by Gasteiger charge is -2.44. The maximum absolute atomic E-state index is 6.07. The van der Waals surface area contributed by atoms with Crippen LogP contribution in [0.4, 0.5) is 0 Å². The maximum Gasteiger partial charge on any atom is 0.0102 e. The summed E-state index contributed by atoms with van der Waals surface area (Å²) in [5.74, 6) is 0. The molecule has 0 fully saturated rings. The van der Waals surface area contributed by atoms with Crippen LogP contribution in [0.5, 0.6) is 0 Å². The van der Waals surface area contributed by atoms with E-state index in [2.05, 4.69) is 48.5 Å². The van der Waals surface area contributed by atoms with Crippen LogP contribution < -0.4 is 5.73 Å². The van der Waals surface area contributed by atoms with Crippen LogP contribution in [0.3, 0.4) is 0 Å². The summed E-state index contributed by atoms with van der Waals surface area (Å²) in [6.07, 6.45) is 2.27. The average Bonchev–Trinajstić information content (AvgIpc) is 1.81. The zero-order chi connectivity index (χ0) is 10.9. The smallest absolute Gasteiger partial charge is 0.0102 e. The largest absolute Gasteiger partial charge is 0.326 e. The van der Waals surface area contributed by atoms with E-state index in [0.717, 1.165) is 6.42 Å². The highest BCUT2D eigenvalue weighted by molar-refractivity contribution is 4.91. The Hall–Kier alpha value is -0.0400. The molecule has 0 bridgehead atoms. The molecule has 0 spiro atoms. The topological polar surface area (TPSA) is 26.0 Å². The Morgan fingerprint density at radius 3 is 1.46 bits per heavy atom. The van der Waals surface area contributed by atoms with Gasteiger partial charge in [-0.15, -0.1) is 0 Å². The molecule has 1 nitrogen and oxygen atoms in total. The van der Waals surface area contributed by atoms with Gasteiger partial charge in [-0.3, -0.25) is 0 Å². The Kier molecular flexibility index (Phi) is 3.59. The molecular weight excluding hydrogens is 158 g/mol. The van der Waals surface area contributed by atoms with Crippen LogP contribution >= 0.6 is 0 Å². The normalized spacial score (nSPS) is 14.8. The van der Waals surface area contributed by atoms with Crippen LogP contribution in [0.2, 0.25) is 0 Å². The quantitative estimate of drug-likeness (QED) is 0.712. The Morgan fingerprint density at radius 1 is 0.846 bits per heavy atom. The van der Waals surface area contributed by atoms with Crippen molar-refractivity contribution in [2.45, 2.75) is 66.8 Å². The maximum atomic E-state index is 6.07. The Morgan fingerprint density at radius 2 is 1.23 bits per heavy atom. The first-order valence-electron chi connectivity index (χ1n) is 5.31. The molecule has 0 saturated carbocycles. The van der Waals surface area contributed by atoms with Gasteiger partial charge in [-0.05, 0) is 31.1 Å². The van der Waals surface area contributed by atoms with Crippen molar-refractivity contribution in [3.8, 4) is 0 Å². The molecule has 0 aromatic carbocycles. The third kappa shape index (κ3) is 3.68. The molecule has 0 aliphatic carbocycles. The summed E-state index contributed by atoms with van der Waals surface area (Å²) in [5, 5.41) is 0. The SMILES string of the molecule is CCC(C)(C)C(C)(C)CC(C)(C)N. The Balaban J connectivity index is 4.58. The predicted molar refractivity (Wildman–Crippen MR) is 60.7 cm³/mol. The van der Waals surface area contributed by atoms with E-state index in [9.17, 15) is 0 Å². The Bertz CT molecular complexity index is 160. The molecule has 0 saturated heterocycles. The van der Waals surface area contributed by atoms with Crippen LogP contribution in [0, 0.1) is 10.8 Å². The summed E-state index contributed by atoms with van der Waals surface area (Å²) >= 11 is 0. The molecule has 80 valence electrons. The summed E-state index contributed by atoms with van der Waals surface area (Å²) in [6.45, 7) is 15.8. The minimum absolute atomic E-state index is 0.0596. The van der Waals surface area contributed by atoms with E-state index in [1.54, 1.807) is 0 Å². The van der Waals surface area contributed by atoms with E-state index >= 15 is 0 Å². The lowest BCUT2D eigenvalue weighted by atomic mass is 9.62. The number of rotatable bonds is 4. The van der Waals surface area contributed by atoms with Crippen LogP contribution in [-0.4, -0.2) is 5.54 Å². The first-order valence-corrected chi connectivity index (χ1v) is 5.31. The van der Waals surface area contributed by atoms with Gasteiger partial charge in [0.2, 0.25) is 0 Å². The molecule has 0 unspecified atom stereocenters. The molecule has 0 amide bonds. The van der Waals surface area contributed by atoms with Crippen molar-refractivity contribution < 1.29 is 0 Å². The number of hydrogen-bond donors (Lipinski definition) is 1. The van der Waals surface area contributed by atoms with Crippen molar-refractivity contribution >= 4 is 0 Å². The minimum atomic E-state index is -0.0596. The minimum Gasteiger partial charge on any atom is -0.326 e. The van der Waals surface area contributed by atoms with Crippen LogP contribution in [-0.2, 0) is 0 Å². The van der Waals surface area contributed by atoms with E-state index in [-0.39, 0.29) is 5.54 Å². The first kappa shape index (κ1) is 13.0. The zero-order valence-electron chi connectivity index (χ0n) is 10.5. The van der Waals surface area contributed by atoms with Crippen molar-refractivity contribution in [1.29, 1.82) is 0 Å². The highest BCUT2D eigenvalue weighted by Gasteiger charge is 2.38. The van der Waals surface area contributed by atoms with E-state index in [1.807, 2.05) is 0 Å². The highest BCUT2D eigenvalue weighted by Crippen LogP contribution is 2.45. The molecule has 0 heterocycles. The second kappa shape index (κ2) is 3.61. The molecule has 0 aromatic heterocycles. The number of hydrogen-bond acceptors (Lipinski definition) is 1. The van der Waals surface area contributed by atoms with Gasteiger partial charge in [0.05, 0.1) is 0 Å². The molecule has 0 atom stereocenters. The van der Waals surface area contributed by atoms with Gasteiger partial charge >= 0.3 is 0 Å². The fourth-order valence-corrected chi connectivity index (χ4v) is 1.86. The van der Waals surface area contributed by atoms with Crippen LogP contribution in [0.1, 0.15) is 61.3 Å². The third-order valence-electron chi connectivity index (χ3n) is 3.61. The summed E-state index contributed by atoms with van der Waals surface area (Å²) in [7, 11) is 0. The average molecular weight is 185 g/mol. The second-order valence-corrected chi connectivity index (χ2v) is 6.29. The van der Waals surface area contributed by atoms with Crippen molar-refractivity contribution in [3.63, 3.8) is 0 Å². The zero-order valence-corrected chi connectivity index (χ0v) is 10.5. The summed E-state index contributed by atoms with van der Waals surface area (Å²) in [6, 6.07) is 0. The lowest BCUT2D eigenvalue weighted by Crippen LogP contribution is -2.43. The summed E-state index contributed by atoms with van der Waals surface area (Å²) in [5.41, 5.74) is 6.68. The summed E-state index contributed by atoms with van der Waals surface area (Å²) < 4.78 is 0. The summed E-state index contributed by atoms with van der Waals surface area (Å²) in [4.78, 5) is 0. The predicted octanol–water partition coefficient (Wildman–Crippen LogP) is 3.58. The molecule has 0 rings (SSSR count). The van der Waals surface area contributed by atoms with Crippen molar-refractivity contribution in [3.05, 3.63) is 0 Å². The molecule has 13 heavy (non-hydrogen) atoms. The molecule has 0 aromatic rings. The van der Waals surface area contributed by atoms with E-state index < -0.39 is 0 Å². The van der Waals surface area contributed by atoms with Crippen LogP contribution in [0.25, 0.3) is 0 Å². The van der Waals surface area contributed by atoms with Gasteiger partial charge in [0.15, 0.2) is 0 Å². The fourth-order valence-electron chi connectivity index (χ4n) is 1.86. The standard InChI is InChI=1S/C12H27N/c1-8-10(2,3)11(4,5)9-12(6,7)13/h8-9,13H2,1-7H3. The molecule has 0 aliphatic heterocycles. The molecular formula is C12H27N. The van der Waals surface area contributed by atoms with Gasteiger partial charge in [-0.2, -0.15) is 0 Å². The van der Waals surface area contributed by atoms with Gasteiger partial charge in [0.1, 0.15) is 0 Å². The first-order chi connectivity index (χ1) is 5.52. The monoisotopic (exact) mass is 185 g/mol. The van der Waals surface area contributed by atoms with Gasteiger partial charge in [0, 0.05) is 5.54 Å². The molecule has 1 heteroatoms. The third-order valence-corrected chi connectivity index (χ3v) is 3.61. The molecule has 0 radical (unpaired) electrons. The highest BCUT2D eigenvalue weighted by atomic mass is 14.7. The number of nitrogens with two attached hydrogens (primary N) is 1. The van der Waals surface area contributed by atoms with Gasteiger partial charge in [-0.25, -0.2) is 0 Å². The van der Waals surface area contributed by atoms with E-state index in [4.69, 9.17) is 5.73 Å². The van der Waals surface area contributed by atoms with E-state index in [1.165, 1.54) is 6.42 Å². The van der Waals surface area contributed by atoms with Crippen molar-refractivity contribution in [2.75, 3.05) is 0 Å². The van der Waals surface area contributed by atoms with Crippen molar-refractivity contribution in [1.82, 2.24) is 0 Å². The fraction of sp³-hybridized carbons (Fsp3) is 1.00. The van der Waals surface area contributed by atoms with Gasteiger partial charge in [0.25, 0.3) is 0 Å². The van der Waals surface area contributed by atoms with Crippen molar-refractivity contribution in [2.24, 2.45) is 16.6 Å². The van der Waals surface area contributed by atoms with E-state index in [0.29, 0.717) is 10.8 Å².